The fraction of sp³-hybridized carbons (Fsp3) is 0.273. The van der Waals surface area contributed by atoms with Gasteiger partial charge in [0.15, 0.2) is 0 Å². The Morgan fingerprint density at radius 3 is 2.53 bits per heavy atom. The minimum absolute atomic E-state index is 0.0354. The zero-order valence-electron chi connectivity index (χ0n) is 10.2. The van der Waals surface area contributed by atoms with Gasteiger partial charge in [-0.25, -0.2) is 9.69 Å². The van der Waals surface area contributed by atoms with Crippen molar-refractivity contribution in [1.29, 1.82) is 5.41 Å². The van der Waals surface area contributed by atoms with E-state index in [-0.39, 0.29) is 22.2 Å². The van der Waals surface area contributed by atoms with E-state index in [2.05, 4.69) is 5.32 Å². The zero-order chi connectivity index (χ0) is 14.4. The fourth-order valence-corrected chi connectivity index (χ4v) is 2.04. The third kappa shape index (κ3) is 2.12. The number of carbonyl (C=O) groups excluding carboxylic acids is 1. The molecule has 0 spiro atoms. The standard InChI is InChI=1S/C11H11ClN4O3/c1-11(2)9(13)15(10(17)14-11)8-4-3-6(16(18)19)5-7(8)12/h3-5,13H,1-2H3,(H,14,17). The second-order valence-corrected chi connectivity index (χ2v) is 5.04. The number of urea groups is 1. The van der Waals surface area contributed by atoms with Crippen LogP contribution in [0.15, 0.2) is 18.2 Å². The number of rotatable bonds is 2. The van der Waals surface area contributed by atoms with Crippen LogP contribution < -0.4 is 10.2 Å². The first-order chi connectivity index (χ1) is 8.74. The van der Waals surface area contributed by atoms with Gasteiger partial charge in [-0.15, -0.1) is 0 Å². The van der Waals surface area contributed by atoms with Crippen molar-refractivity contribution in [3.8, 4) is 0 Å². The second kappa shape index (κ2) is 4.20. The molecule has 0 unspecified atom stereocenters. The van der Waals surface area contributed by atoms with Gasteiger partial charge in [-0.1, -0.05) is 11.6 Å². The first-order valence-corrected chi connectivity index (χ1v) is 5.77. The number of nitrogens with zero attached hydrogens (tertiary/aromatic N) is 2. The van der Waals surface area contributed by atoms with Crippen molar-refractivity contribution in [2.45, 2.75) is 19.4 Å². The maximum absolute atomic E-state index is 11.9. The number of hydrogen-bond donors (Lipinski definition) is 2. The summed E-state index contributed by atoms with van der Waals surface area (Å²) >= 11 is 5.95. The van der Waals surface area contributed by atoms with Gasteiger partial charge in [0.2, 0.25) is 0 Å². The van der Waals surface area contributed by atoms with Crippen molar-refractivity contribution in [3.05, 3.63) is 33.3 Å². The molecular formula is C11H11ClN4O3. The summed E-state index contributed by atoms with van der Waals surface area (Å²) in [5.41, 5.74) is -0.721. The molecule has 1 fully saturated rings. The van der Waals surface area contributed by atoms with E-state index in [1.807, 2.05) is 0 Å². The van der Waals surface area contributed by atoms with Gasteiger partial charge in [0.05, 0.1) is 21.2 Å². The Morgan fingerprint density at radius 2 is 2.11 bits per heavy atom. The van der Waals surface area contributed by atoms with Crippen molar-refractivity contribution < 1.29 is 9.72 Å². The van der Waals surface area contributed by atoms with E-state index in [9.17, 15) is 14.9 Å². The van der Waals surface area contributed by atoms with Crippen LogP contribution in [0.5, 0.6) is 0 Å². The van der Waals surface area contributed by atoms with Gasteiger partial charge in [-0.2, -0.15) is 0 Å². The molecule has 0 radical (unpaired) electrons. The number of hydrogen-bond acceptors (Lipinski definition) is 4. The Morgan fingerprint density at radius 1 is 1.47 bits per heavy atom. The lowest BCUT2D eigenvalue weighted by Gasteiger charge is -2.20. The number of nitro groups is 1. The maximum atomic E-state index is 11.9. The molecule has 0 atom stereocenters. The number of carbonyl (C=O) groups is 1. The van der Waals surface area contributed by atoms with E-state index in [0.29, 0.717) is 0 Å². The van der Waals surface area contributed by atoms with Crippen molar-refractivity contribution in [2.24, 2.45) is 0 Å². The topological polar surface area (TPSA) is 99.3 Å². The molecule has 2 amide bonds. The molecule has 0 saturated carbocycles. The largest absolute Gasteiger partial charge is 0.328 e. The average Bonchev–Trinajstić information content (AvgIpc) is 2.49. The highest BCUT2D eigenvalue weighted by atomic mass is 35.5. The van der Waals surface area contributed by atoms with Crippen LogP contribution in [0.3, 0.4) is 0 Å². The van der Waals surface area contributed by atoms with Crippen LogP contribution in [0.1, 0.15) is 13.8 Å². The minimum Gasteiger partial charge on any atom is -0.325 e. The smallest absolute Gasteiger partial charge is 0.325 e. The minimum atomic E-state index is -0.803. The lowest BCUT2D eigenvalue weighted by Crippen LogP contribution is -2.39. The summed E-state index contributed by atoms with van der Waals surface area (Å²) in [7, 11) is 0. The summed E-state index contributed by atoms with van der Waals surface area (Å²) in [5, 5.41) is 21.3. The van der Waals surface area contributed by atoms with E-state index in [0.717, 1.165) is 11.0 Å². The van der Waals surface area contributed by atoms with Gasteiger partial charge in [0.25, 0.3) is 5.69 Å². The quantitative estimate of drug-likeness (QED) is 0.644. The lowest BCUT2D eigenvalue weighted by atomic mass is 10.1. The van der Waals surface area contributed by atoms with Gasteiger partial charge >= 0.3 is 6.03 Å². The monoisotopic (exact) mass is 282 g/mol. The van der Waals surface area contributed by atoms with Crippen molar-refractivity contribution >= 4 is 34.8 Å². The first-order valence-electron chi connectivity index (χ1n) is 5.39. The third-order valence-electron chi connectivity index (χ3n) is 2.82. The van der Waals surface area contributed by atoms with Crippen LogP contribution >= 0.6 is 11.6 Å². The highest BCUT2D eigenvalue weighted by Crippen LogP contribution is 2.33. The van der Waals surface area contributed by atoms with Crippen LogP contribution in [-0.2, 0) is 0 Å². The lowest BCUT2D eigenvalue weighted by molar-refractivity contribution is -0.384. The Labute approximate surface area is 113 Å². The SMILES string of the molecule is CC1(C)NC(=O)N(c2ccc([N+](=O)[O-])cc2Cl)C1=N. The molecule has 1 aromatic rings. The molecule has 0 bridgehead atoms. The van der Waals surface area contributed by atoms with Crippen molar-refractivity contribution in [1.82, 2.24) is 5.32 Å². The number of nitro benzene ring substituents is 1. The number of halogens is 1. The number of nitrogens with one attached hydrogen (secondary N) is 2. The van der Waals surface area contributed by atoms with Gasteiger partial charge in [0, 0.05) is 12.1 Å². The van der Waals surface area contributed by atoms with Crippen LogP contribution in [-0.4, -0.2) is 22.3 Å². The summed E-state index contributed by atoms with van der Waals surface area (Å²) in [6, 6.07) is 3.28. The van der Waals surface area contributed by atoms with Crippen LogP contribution in [0.2, 0.25) is 5.02 Å². The number of non-ortho nitro benzene ring substituents is 1. The molecule has 19 heavy (non-hydrogen) atoms. The van der Waals surface area contributed by atoms with Crippen molar-refractivity contribution in [2.75, 3.05) is 4.90 Å². The normalized spacial score (nSPS) is 17.5. The molecule has 1 aliphatic rings. The zero-order valence-corrected chi connectivity index (χ0v) is 11.0. The molecule has 2 N–H and O–H groups in total. The molecule has 2 rings (SSSR count). The summed E-state index contributed by atoms with van der Waals surface area (Å²) in [5.74, 6) is 0.0354. The average molecular weight is 283 g/mol. The van der Waals surface area contributed by atoms with Gasteiger partial charge < -0.3 is 5.32 Å². The van der Waals surface area contributed by atoms with E-state index in [1.165, 1.54) is 12.1 Å². The Hall–Kier alpha value is -2.15. The summed E-state index contributed by atoms with van der Waals surface area (Å²) < 4.78 is 0. The second-order valence-electron chi connectivity index (χ2n) is 4.63. The Kier molecular flexibility index (Phi) is 2.94. The first kappa shape index (κ1) is 13.3. The molecule has 0 aliphatic carbocycles. The van der Waals surface area contributed by atoms with Crippen molar-refractivity contribution in [3.63, 3.8) is 0 Å². The molecule has 0 aromatic heterocycles. The third-order valence-corrected chi connectivity index (χ3v) is 3.12. The molecule has 1 saturated heterocycles. The Balaban J connectivity index is 2.46. The molecule has 8 heteroatoms. The number of anilines is 1. The molecule has 100 valence electrons. The van der Waals surface area contributed by atoms with Gasteiger partial charge in [-0.05, 0) is 19.9 Å². The highest BCUT2D eigenvalue weighted by Gasteiger charge is 2.42. The fourth-order valence-electron chi connectivity index (χ4n) is 1.78. The van der Waals surface area contributed by atoms with Gasteiger partial charge in [0.1, 0.15) is 5.84 Å². The van der Waals surface area contributed by atoms with E-state index >= 15 is 0 Å². The van der Waals surface area contributed by atoms with E-state index in [4.69, 9.17) is 17.0 Å². The summed E-state index contributed by atoms with van der Waals surface area (Å²) in [4.78, 5) is 23.0. The summed E-state index contributed by atoms with van der Waals surface area (Å²) in [6.07, 6.45) is 0. The number of benzene rings is 1. The number of amides is 2. The predicted octanol–water partition coefficient (Wildman–Crippen LogP) is 2.53. The van der Waals surface area contributed by atoms with Crippen LogP contribution in [0, 0.1) is 15.5 Å². The van der Waals surface area contributed by atoms with E-state index < -0.39 is 16.5 Å². The van der Waals surface area contributed by atoms with Crippen LogP contribution in [0.25, 0.3) is 0 Å². The van der Waals surface area contributed by atoms with E-state index in [1.54, 1.807) is 13.8 Å². The Bertz CT molecular complexity index is 600. The molecule has 1 aromatic carbocycles. The van der Waals surface area contributed by atoms with Gasteiger partial charge in [-0.3, -0.25) is 15.5 Å². The number of amidine groups is 1. The molecular weight excluding hydrogens is 272 g/mol. The maximum Gasteiger partial charge on any atom is 0.328 e. The molecule has 1 aliphatic heterocycles. The molecule has 7 nitrogen and oxygen atoms in total. The molecule has 1 heterocycles. The predicted molar refractivity (Wildman–Crippen MR) is 70.9 cm³/mol. The van der Waals surface area contributed by atoms with Crippen LogP contribution in [0.4, 0.5) is 16.2 Å². The summed E-state index contributed by atoms with van der Waals surface area (Å²) in [6.45, 7) is 3.37. The highest BCUT2D eigenvalue weighted by molar-refractivity contribution is 6.36.